The SMILES string of the molecule is Fc1cc(C(F)(F)F)ccc1NC1CCC(F)(F)CC1. The fourth-order valence-corrected chi connectivity index (χ4v) is 2.21. The van der Waals surface area contributed by atoms with Gasteiger partial charge in [-0.3, -0.25) is 0 Å². The van der Waals surface area contributed by atoms with E-state index >= 15 is 0 Å². The van der Waals surface area contributed by atoms with Gasteiger partial charge < -0.3 is 5.32 Å². The molecular formula is C13H13F6N. The summed E-state index contributed by atoms with van der Waals surface area (Å²) in [6.07, 6.45) is -4.88. The largest absolute Gasteiger partial charge is 0.416 e. The van der Waals surface area contributed by atoms with Crippen molar-refractivity contribution in [2.45, 2.75) is 43.8 Å². The molecule has 7 heteroatoms. The fourth-order valence-electron chi connectivity index (χ4n) is 2.21. The number of anilines is 1. The van der Waals surface area contributed by atoms with Crippen molar-refractivity contribution in [3.05, 3.63) is 29.6 Å². The maximum atomic E-state index is 13.6. The van der Waals surface area contributed by atoms with Crippen molar-refractivity contribution < 1.29 is 26.3 Å². The lowest BCUT2D eigenvalue weighted by molar-refractivity contribution is -0.137. The van der Waals surface area contributed by atoms with Gasteiger partial charge in [0.15, 0.2) is 0 Å². The second kappa shape index (κ2) is 5.18. The van der Waals surface area contributed by atoms with Crippen molar-refractivity contribution in [2.24, 2.45) is 0 Å². The molecule has 0 aromatic heterocycles. The number of benzene rings is 1. The normalized spacial score (nSPS) is 19.9. The minimum Gasteiger partial charge on any atom is -0.380 e. The lowest BCUT2D eigenvalue weighted by atomic mass is 9.92. The highest BCUT2D eigenvalue weighted by molar-refractivity contribution is 5.47. The van der Waals surface area contributed by atoms with Crippen LogP contribution in [0.5, 0.6) is 0 Å². The van der Waals surface area contributed by atoms with E-state index < -0.39 is 23.5 Å². The second-order valence-electron chi connectivity index (χ2n) is 4.97. The monoisotopic (exact) mass is 297 g/mol. The van der Waals surface area contributed by atoms with E-state index in [2.05, 4.69) is 5.32 Å². The third-order valence-corrected chi connectivity index (χ3v) is 3.37. The van der Waals surface area contributed by atoms with Crippen LogP contribution in [-0.4, -0.2) is 12.0 Å². The summed E-state index contributed by atoms with van der Waals surface area (Å²) in [5, 5.41) is 2.69. The first-order valence-corrected chi connectivity index (χ1v) is 6.18. The standard InChI is InChI=1S/C13H13F6N/c14-10-7-8(13(17,18)19)1-2-11(10)20-9-3-5-12(15,16)6-4-9/h1-2,7,9,20H,3-6H2. The van der Waals surface area contributed by atoms with Crippen molar-refractivity contribution in [1.29, 1.82) is 0 Å². The Bertz CT molecular complexity index is 472. The molecule has 0 atom stereocenters. The Morgan fingerprint density at radius 2 is 1.70 bits per heavy atom. The molecule has 1 N–H and O–H groups in total. The first-order chi connectivity index (χ1) is 9.17. The van der Waals surface area contributed by atoms with Gasteiger partial charge in [-0.05, 0) is 31.0 Å². The molecule has 1 aromatic carbocycles. The van der Waals surface area contributed by atoms with Crippen LogP contribution >= 0.6 is 0 Å². The molecule has 0 bridgehead atoms. The van der Waals surface area contributed by atoms with Gasteiger partial charge in [0.1, 0.15) is 5.82 Å². The first kappa shape index (κ1) is 15.0. The number of nitrogens with one attached hydrogen (secondary N) is 1. The Hall–Kier alpha value is -1.40. The molecule has 0 heterocycles. The van der Waals surface area contributed by atoms with E-state index in [1.54, 1.807) is 0 Å². The topological polar surface area (TPSA) is 12.0 Å². The van der Waals surface area contributed by atoms with Gasteiger partial charge in [-0.25, -0.2) is 13.2 Å². The highest BCUT2D eigenvalue weighted by Crippen LogP contribution is 2.35. The van der Waals surface area contributed by atoms with E-state index in [4.69, 9.17) is 0 Å². The van der Waals surface area contributed by atoms with Crippen LogP contribution in [0.3, 0.4) is 0 Å². The maximum Gasteiger partial charge on any atom is 0.416 e. The summed E-state index contributed by atoms with van der Waals surface area (Å²) in [7, 11) is 0. The highest BCUT2D eigenvalue weighted by atomic mass is 19.4. The van der Waals surface area contributed by atoms with Gasteiger partial charge in [-0.2, -0.15) is 13.2 Å². The molecule has 1 nitrogen and oxygen atoms in total. The lowest BCUT2D eigenvalue weighted by Crippen LogP contribution is -2.32. The molecule has 0 aliphatic heterocycles. The lowest BCUT2D eigenvalue weighted by Gasteiger charge is -2.29. The second-order valence-corrected chi connectivity index (χ2v) is 4.97. The predicted molar refractivity (Wildman–Crippen MR) is 62.2 cm³/mol. The maximum absolute atomic E-state index is 13.6. The van der Waals surface area contributed by atoms with Crippen LogP contribution in [-0.2, 0) is 6.18 Å². The zero-order chi connectivity index (χ0) is 15.0. The zero-order valence-corrected chi connectivity index (χ0v) is 10.4. The number of hydrogen-bond donors (Lipinski definition) is 1. The average molecular weight is 297 g/mol. The molecule has 1 aliphatic carbocycles. The smallest absolute Gasteiger partial charge is 0.380 e. The van der Waals surface area contributed by atoms with E-state index in [1.807, 2.05) is 0 Å². The molecule has 0 unspecified atom stereocenters. The minimum atomic E-state index is -4.60. The molecule has 1 aliphatic rings. The van der Waals surface area contributed by atoms with E-state index in [0.29, 0.717) is 6.07 Å². The van der Waals surface area contributed by atoms with Crippen LogP contribution in [0.2, 0.25) is 0 Å². The number of halogens is 6. The van der Waals surface area contributed by atoms with Crippen molar-refractivity contribution in [2.75, 3.05) is 5.32 Å². The number of alkyl halides is 5. The van der Waals surface area contributed by atoms with E-state index in [1.165, 1.54) is 0 Å². The van der Waals surface area contributed by atoms with Crippen molar-refractivity contribution in [1.82, 2.24) is 0 Å². The summed E-state index contributed by atoms with van der Waals surface area (Å²) in [4.78, 5) is 0. The van der Waals surface area contributed by atoms with Gasteiger partial charge in [0.2, 0.25) is 5.92 Å². The Morgan fingerprint density at radius 3 is 2.20 bits per heavy atom. The van der Waals surface area contributed by atoms with Crippen molar-refractivity contribution in [3.63, 3.8) is 0 Å². The summed E-state index contributed by atoms with van der Waals surface area (Å²) in [6.45, 7) is 0. The molecule has 1 saturated carbocycles. The predicted octanol–water partition coefficient (Wildman–Crippen LogP) is 4.83. The van der Waals surface area contributed by atoms with Crippen LogP contribution in [0.25, 0.3) is 0 Å². The summed E-state index contributed by atoms with van der Waals surface area (Å²) in [5.74, 6) is -3.73. The number of hydrogen-bond acceptors (Lipinski definition) is 1. The van der Waals surface area contributed by atoms with Crippen LogP contribution < -0.4 is 5.32 Å². The van der Waals surface area contributed by atoms with Crippen molar-refractivity contribution >= 4 is 5.69 Å². The van der Waals surface area contributed by atoms with Gasteiger partial charge >= 0.3 is 6.18 Å². The van der Waals surface area contributed by atoms with Crippen LogP contribution in [0.4, 0.5) is 32.0 Å². The molecule has 0 radical (unpaired) electrons. The molecule has 112 valence electrons. The quantitative estimate of drug-likeness (QED) is 0.771. The molecule has 0 saturated heterocycles. The van der Waals surface area contributed by atoms with Crippen LogP contribution in [0.15, 0.2) is 18.2 Å². The van der Waals surface area contributed by atoms with E-state index in [9.17, 15) is 26.3 Å². The van der Waals surface area contributed by atoms with E-state index in [-0.39, 0.29) is 37.4 Å². The third-order valence-electron chi connectivity index (χ3n) is 3.37. The molecule has 1 aromatic rings. The summed E-state index contributed by atoms with van der Waals surface area (Å²) >= 11 is 0. The molecule has 0 spiro atoms. The fraction of sp³-hybridized carbons (Fsp3) is 0.538. The van der Waals surface area contributed by atoms with Gasteiger partial charge in [0, 0.05) is 18.9 Å². The molecular weight excluding hydrogens is 284 g/mol. The highest BCUT2D eigenvalue weighted by Gasteiger charge is 2.35. The zero-order valence-electron chi connectivity index (χ0n) is 10.4. The van der Waals surface area contributed by atoms with Crippen LogP contribution in [0.1, 0.15) is 31.2 Å². The van der Waals surface area contributed by atoms with Gasteiger partial charge in [0.25, 0.3) is 0 Å². The first-order valence-electron chi connectivity index (χ1n) is 6.18. The summed E-state index contributed by atoms with van der Waals surface area (Å²) in [5.41, 5.74) is -1.16. The molecule has 20 heavy (non-hydrogen) atoms. The minimum absolute atomic E-state index is 0.0896. The van der Waals surface area contributed by atoms with Gasteiger partial charge in [-0.15, -0.1) is 0 Å². The van der Waals surface area contributed by atoms with E-state index in [0.717, 1.165) is 12.1 Å². The molecule has 2 rings (SSSR count). The Morgan fingerprint density at radius 1 is 1.10 bits per heavy atom. The summed E-state index contributed by atoms with van der Waals surface area (Å²) < 4.78 is 76.6. The van der Waals surface area contributed by atoms with Gasteiger partial charge in [-0.1, -0.05) is 0 Å². The number of rotatable bonds is 2. The Labute approximate surface area is 112 Å². The van der Waals surface area contributed by atoms with Crippen molar-refractivity contribution in [3.8, 4) is 0 Å². The third kappa shape index (κ3) is 3.58. The van der Waals surface area contributed by atoms with Gasteiger partial charge in [0.05, 0.1) is 11.3 Å². The summed E-state index contributed by atoms with van der Waals surface area (Å²) in [6, 6.07) is 1.81. The average Bonchev–Trinajstić information content (AvgIpc) is 2.33. The Kier molecular flexibility index (Phi) is 3.88. The molecule has 1 fully saturated rings. The Balaban J connectivity index is 2.04. The molecule has 0 amide bonds. The van der Waals surface area contributed by atoms with Crippen LogP contribution in [0, 0.1) is 5.82 Å².